The third-order valence-corrected chi connectivity index (χ3v) is 1.81. The molecule has 0 aromatic heterocycles. The number of rotatable bonds is 4. The Morgan fingerprint density at radius 2 is 1.08 bits per heavy atom. The molecule has 0 aliphatic carbocycles. The van der Waals surface area contributed by atoms with Crippen LogP contribution in [0.5, 0.6) is 0 Å². The van der Waals surface area contributed by atoms with Crippen molar-refractivity contribution >= 4 is 0 Å². The first-order valence-electron chi connectivity index (χ1n) is 5.90. The lowest BCUT2D eigenvalue weighted by Gasteiger charge is -2.05. The van der Waals surface area contributed by atoms with Gasteiger partial charge in [-0.05, 0) is 24.2 Å². The van der Waals surface area contributed by atoms with Gasteiger partial charge in [0.05, 0.1) is 0 Å². The summed E-state index contributed by atoms with van der Waals surface area (Å²) in [4.78, 5) is 0. The molecule has 0 rings (SSSR count). The predicted molar refractivity (Wildman–Crippen MR) is 64.0 cm³/mol. The summed E-state index contributed by atoms with van der Waals surface area (Å²) in [5.41, 5.74) is 0. The molecule has 0 amide bonds. The zero-order valence-corrected chi connectivity index (χ0v) is 10.9. The molecule has 0 heteroatoms. The molecule has 0 aliphatic heterocycles. The average molecular weight is 186 g/mol. The fourth-order valence-electron chi connectivity index (χ4n) is 1.52. The molecule has 0 spiro atoms. The molecule has 0 unspecified atom stereocenters. The number of hydrogen-bond acceptors (Lipinski definition) is 0. The summed E-state index contributed by atoms with van der Waals surface area (Å²) in [6, 6.07) is 0. The Balaban J connectivity index is 0. The van der Waals surface area contributed by atoms with Gasteiger partial charge >= 0.3 is 0 Å². The van der Waals surface area contributed by atoms with E-state index in [4.69, 9.17) is 0 Å². The summed E-state index contributed by atoms with van der Waals surface area (Å²) >= 11 is 0. The summed E-state index contributed by atoms with van der Waals surface area (Å²) < 4.78 is 0. The standard InChI is InChI=1S/C7H16.C6H14/c1-6(2)5-7(3)4;1-4-5-6(2)3/h6-7H,5H2,1-4H3;6H,4-5H2,1-3H3. The molecule has 0 radical (unpaired) electrons. The SMILES string of the molecule is CC(C)CC(C)C.CCCC(C)C. The first-order chi connectivity index (χ1) is 5.90. The van der Waals surface area contributed by atoms with Crippen LogP contribution in [0.4, 0.5) is 0 Å². The maximum atomic E-state index is 2.26. The molecular weight excluding hydrogens is 156 g/mol. The monoisotopic (exact) mass is 186 g/mol. The van der Waals surface area contributed by atoms with Crippen LogP contribution in [-0.2, 0) is 0 Å². The lowest BCUT2D eigenvalue weighted by molar-refractivity contribution is 0.469. The van der Waals surface area contributed by atoms with Gasteiger partial charge in [0.15, 0.2) is 0 Å². The Kier molecular flexibility index (Phi) is 12.0. The van der Waals surface area contributed by atoms with Gasteiger partial charge < -0.3 is 0 Å². The first kappa shape index (κ1) is 15.5. The topological polar surface area (TPSA) is 0 Å². The Hall–Kier alpha value is 0. The second-order valence-corrected chi connectivity index (χ2v) is 5.21. The second-order valence-electron chi connectivity index (χ2n) is 5.21. The van der Waals surface area contributed by atoms with Crippen LogP contribution in [0, 0.1) is 17.8 Å². The van der Waals surface area contributed by atoms with Crippen molar-refractivity contribution in [3.8, 4) is 0 Å². The van der Waals surface area contributed by atoms with E-state index in [0.29, 0.717) is 0 Å². The van der Waals surface area contributed by atoms with Crippen LogP contribution in [0.25, 0.3) is 0 Å². The van der Waals surface area contributed by atoms with Gasteiger partial charge in [0.1, 0.15) is 0 Å². The predicted octanol–water partition coefficient (Wildman–Crippen LogP) is 5.13. The van der Waals surface area contributed by atoms with Crippen LogP contribution in [0.15, 0.2) is 0 Å². The number of hydrogen-bond donors (Lipinski definition) is 0. The quantitative estimate of drug-likeness (QED) is 0.571. The largest absolute Gasteiger partial charge is 0.0654 e. The molecule has 0 fully saturated rings. The smallest absolute Gasteiger partial charge is 0.0469 e. The van der Waals surface area contributed by atoms with E-state index in [1.54, 1.807) is 0 Å². The molecular formula is C13H30. The van der Waals surface area contributed by atoms with Gasteiger partial charge in [-0.2, -0.15) is 0 Å². The van der Waals surface area contributed by atoms with Crippen molar-refractivity contribution in [1.29, 1.82) is 0 Å². The third-order valence-electron chi connectivity index (χ3n) is 1.81. The lowest BCUT2D eigenvalue weighted by atomic mass is 10.0. The highest BCUT2D eigenvalue weighted by molar-refractivity contribution is 4.47. The van der Waals surface area contributed by atoms with E-state index in [9.17, 15) is 0 Å². The molecule has 82 valence electrons. The summed E-state index contributed by atoms with van der Waals surface area (Å²) in [6.45, 7) is 15.8. The molecule has 0 saturated carbocycles. The van der Waals surface area contributed by atoms with E-state index in [1.807, 2.05) is 0 Å². The molecule has 13 heavy (non-hydrogen) atoms. The Morgan fingerprint density at radius 1 is 0.692 bits per heavy atom. The van der Waals surface area contributed by atoms with E-state index < -0.39 is 0 Å². The summed E-state index contributed by atoms with van der Waals surface area (Å²) in [6.07, 6.45) is 4.07. The van der Waals surface area contributed by atoms with Gasteiger partial charge in [0.2, 0.25) is 0 Å². The van der Waals surface area contributed by atoms with Crippen LogP contribution in [-0.4, -0.2) is 0 Å². The lowest BCUT2D eigenvalue weighted by Crippen LogP contribution is -1.93. The highest BCUT2D eigenvalue weighted by atomic mass is 14.0. The van der Waals surface area contributed by atoms with E-state index in [-0.39, 0.29) is 0 Å². The van der Waals surface area contributed by atoms with Crippen molar-refractivity contribution in [1.82, 2.24) is 0 Å². The molecule has 0 aromatic rings. The van der Waals surface area contributed by atoms with Crippen molar-refractivity contribution in [2.45, 2.75) is 67.7 Å². The molecule has 0 aliphatic rings. The highest BCUT2D eigenvalue weighted by Gasteiger charge is 1.95. The highest BCUT2D eigenvalue weighted by Crippen LogP contribution is 2.08. The minimum Gasteiger partial charge on any atom is -0.0654 e. The van der Waals surface area contributed by atoms with Gasteiger partial charge in [0.25, 0.3) is 0 Å². The van der Waals surface area contributed by atoms with Crippen molar-refractivity contribution in [2.75, 3.05) is 0 Å². The maximum Gasteiger partial charge on any atom is -0.0469 e. The van der Waals surface area contributed by atoms with Gasteiger partial charge in [-0.25, -0.2) is 0 Å². The molecule has 0 nitrogen and oxygen atoms in total. The minimum atomic E-state index is 0.875. The van der Waals surface area contributed by atoms with Crippen molar-refractivity contribution in [2.24, 2.45) is 17.8 Å². The summed E-state index contributed by atoms with van der Waals surface area (Å²) in [7, 11) is 0. The van der Waals surface area contributed by atoms with Gasteiger partial charge in [-0.15, -0.1) is 0 Å². The van der Waals surface area contributed by atoms with Crippen molar-refractivity contribution in [3.63, 3.8) is 0 Å². The van der Waals surface area contributed by atoms with Crippen LogP contribution in [0.2, 0.25) is 0 Å². The third kappa shape index (κ3) is 24.5. The Bertz CT molecular complexity index is 74.0. The molecule has 0 bridgehead atoms. The van der Waals surface area contributed by atoms with Crippen LogP contribution in [0.1, 0.15) is 67.7 Å². The second kappa shape index (κ2) is 10.1. The Morgan fingerprint density at radius 3 is 1.08 bits per heavy atom. The maximum absolute atomic E-state index is 2.26. The molecule has 0 saturated heterocycles. The average Bonchev–Trinajstić information content (AvgIpc) is 1.83. The van der Waals surface area contributed by atoms with E-state index in [2.05, 4.69) is 48.5 Å². The van der Waals surface area contributed by atoms with E-state index in [1.165, 1.54) is 19.3 Å². The van der Waals surface area contributed by atoms with Crippen LogP contribution < -0.4 is 0 Å². The van der Waals surface area contributed by atoms with Crippen LogP contribution in [0.3, 0.4) is 0 Å². The molecule has 0 aromatic carbocycles. The summed E-state index contributed by atoms with van der Waals surface area (Å²) in [5, 5.41) is 0. The van der Waals surface area contributed by atoms with Gasteiger partial charge in [0, 0.05) is 0 Å². The zero-order chi connectivity index (χ0) is 10.9. The Labute approximate surface area is 86.1 Å². The van der Waals surface area contributed by atoms with Crippen molar-refractivity contribution in [3.05, 3.63) is 0 Å². The van der Waals surface area contributed by atoms with Crippen LogP contribution >= 0.6 is 0 Å². The van der Waals surface area contributed by atoms with Gasteiger partial charge in [-0.1, -0.05) is 61.3 Å². The minimum absolute atomic E-state index is 0.875. The molecule has 0 N–H and O–H groups in total. The normalized spacial score (nSPS) is 10.6. The fourth-order valence-corrected chi connectivity index (χ4v) is 1.52. The zero-order valence-electron chi connectivity index (χ0n) is 10.9. The summed E-state index contributed by atoms with van der Waals surface area (Å²) in [5.74, 6) is 2.65. The van der Waals surface area contributed by atoms with Gasteiger partial charge in [-0.3, -0.25) is 0 Å². The van der Waals surface area contributed by atoms with Crippen molar-refractivity contribution < 1.29 is 0 Å². The molecule has 0 heterocycles. The fraction of sp³-hybridized carbons (Fsp3) is 1.00. The molecule has 0 atom stereocenters. The first-order valence-corrected chi connectivity index (χ1v) is 5.90. The van der Waals surface area contributed by atoms with E-state index >= 15 is 0 Å². The van der Waals surface area contributed by atoms with E-state index in [0.717, 1.165) is 17.8 Å².